The van der Waals surface area contributed by atoms with Gasteiger partial charge in [0.2, 0.25) is 0 Å². The average Bonchev–Trinajstić information content (AvgIpc) is 3.65. The summed E-state index contributed by atoms with van der Waals surface area (Å²) in [6.45, 7) is 2.36. The fourth-order valence-electron chi connectivity index (χ4n) is 11.3. The van der Waals surface area contributed by atoms with Gasteiger partial charge in [0.05, 0.1) is 32.0 Å². The zero-order valence-corrected chi connectivity index (χ0v) is 33.9. The quantitative estimate of drug-likeness (QED) is 0.0683. The molecule has 2 aliphatic heterocycles. The van der Waals surface area contributed by atoms with Crippen LogP contribution in [0.5, 0.6) is 0 Å². The third kappa shape index (κ3) is 8.68. The Labute approximate surface area is 339 Å². The number of rotatable bonds is 14. The van der Waals surface area contributed by atoms with Gasteiger partial charge in [-0.1, -0.05) is 13.8 Å². The van der Waals surface area contributed by atoms with Crippen LogP contribution in [0.4, 0.5) is 0 Å². The highest BCUT2D eigenvalue weighted by molar-refractivity contribution is 7.47. The molecule has 0 amide bonds. The van der Waals surface area contributed by atoms with E-state index in [0.29, 0.717) is 35.9 Å². The Kier molecular flexibility index (Phi) is 13.1. The normalized spacial score (nSPS) is 43.6. The molecule has 7 rings (SSSR count). The second-order valence-corrected chi connectivity index (χ2v) is 19.3. The summed E-state index contributed by atoms with van der Waals surface area (Å²) in [5, 5.41) is 62.2. The van der Waals surface area contributed by atoms with Crippen molar-refractivity contribution in [3.63, 3.8) is 0 Å². The highest BCUT2D eigenvalue weighted by Gasteiger charge is 2.60. The van der Waals surface area contributed by atoms with Gasteiger partial charge in [0, 0.05) is 30.0 Å². The minimum absolute atomic E-state index is 0.119. The van der Waals surface area contributed by atoms with E-state index in [1.54, 1.807) is 0 Å². The molecular weight excluding hydrogens is 803 g/mol. The van der Waals surface area contributed by atoms with Crippen LogP contribution in [0.15, 0.2) is 21.9 Å². The van der Waals surface area contributed by atoms with Crippen molar-refractivity contribution in [2.45, 2.75) is 133 Å². The maximum absolute atomic E-state index is 13.1. The Bertz CT molecular complexity index is 1860. The van der Waals surface area contributed by atoms with E-state index in [1.165, 1.54) is 0 Å². The summed E-state index contributed by atoms with van der Waals surface area (Å²) in [6.07, 6.45) is -6.39. The number of nitrogens with one attached hydrogen (secondary N) is 1. The summed E-state index contributed by atoms with van der Waals surface area (Å²) in [4.78, 5) is 60.9. The standard InChI is InChI=1S/C38H57N2O18P/c1-37-10-7-20(13-19(37)3-4-21-22-5-6-25(41)38(22,2)11-8-23(21)37)54-17-53-14-18(32-29(45)28(44)30(46)33(58-32)35(48)49)15-55-59(51,52)56-16-24-27(43)31(47)34(57-24)40-12-9-26(42)39-36(40)50/h9,12,18-24,27-34,43-47H,3-8,10-11,13-17H2,1-2H3,(H,48,49)(H,51,52)(H,39,42,50)/t18?,19?,20-,21?,22?,23?,24-,27-,28-,29-,30+,31+,32+,33+,34-,37+,38+/m1/s1. The first-order valence-electron chi connectivity index (χ1n) is 20.4. The number of aromatic amines is 1. The van der Waals surface area contributed by atoms with Gasteiger partial charge in [0.15, 0.2) is 12.3 Å². The van der Waals surface area contributed by atoms with E-state index in [0.717, 1.165) is 68.2 Å². The Balaban J connectivity index is 0.946. The van der Waals surface area contributed by atoms with Gasteiger partial charge in [-0.15, -0.1) is 0 Å². The van der Waals surface area contributed by atoms with Crippen molar-refractivity contribution < 1.29 is 77.7 Å². The number of aliphatic hydroxyl groups excluding tert-OH is 5. The van der Waals surface area contributed by atoms with E-state index in [2.05, 4.69) is 13.8 Å². The van der Waals surface area contributed by atoms with Gasteiger partial charge in [-0.25, -0.2) is 14.2 Å². The number of aromatic nitrogens is 2. The summed E-state index contributed by atoms with van der Waals surface area (Å²) in [6, 6.07) is 0.989. The van der Waals surface area contributed by atoms with Crippen molar-refractivity contribution in [2.75, 3.05) is 26.6 Å². The fourth-order valence-corrected chi connectivity index (χ4v) is 12.1. The molecule has 18 atom stereocenters. The number of carboxylic acids is 1. The number of ketones is 1. The number of ether oxygens (including phenoxy) is 4. The Morgan fingerprint density at radius 3 is 2.42 bits per heavy atom. The zero-order valence-electron chi connectivity index (χ0n) is 33.0. The number of H-pyrrole nitrogens is 1. The van der Waals surface area contributed by atoms with Crippen molar-refractivity contribution in [1.29, 1.82) is 0 Å². The van der Waals surface area contributed by atoms with E-state index < -0.39 is 99.2 Å². The monoisotopic (exact) mass is 860 g/mol. The second kappa shape index (κ2) is 17.4. The third-order valence-electron chi connectivity index (χ3n) is 14.7. The number of phosphoric ester groups is 1. The van der Waals surface area contributed by atoms with Crippen LogP contribution in [-0.4, -0.2) is 138 Å². The largest absolute Gasteiger partial charge is 0.479 e. The van der Waals surface area contributed by atoms with Gasteiger partial charge >= 0.3 is 19.5 Å². The third-order valence-corrected chi connectivity index (χ3v) is 15.7. The zero-order chi connectivity index (χ0) is 42.6. The lowest BCUT2D eigenvalue weighted by Gasteiger charge is -2.60. The predicted molar refractivity (Wildman–Crippen MR) is 199 cm³/mol. The summed E-state index contributed by atoms with van der Waals surface area (Å²) < 4.78 is 47.1. The van der Waals surface area contributed by atoms with Gasteiger partial charge in [-0.3, -0.25) is 28.2 Å². The molecule has 0 spiro atoms. The SMILES string of the molecule is C[C@]12CC[C@@H](OCOCC(COP(=O)(O)OC[C@H]3O[C@@H](n4ccc(=O)[nH]c4=O)[C@@H](O)[C@@H]3O)[C@@H]3O[C@H](C(=O)O)[C@@H](O)[C@H](O)[C@H]3O)CC1CCC1C2CC[C@]2(C)C(=O)CCC12. The van der Waals surface area contributed by atoms with E-state index >= 15 is 0 Å². The maximum atomic E-state index is 13.1. The first-order valence-corrected chi connectivity index (χ1v) is 21.9. The van der Waals surface area contributed by atoms with Crippen LogP contribution in [0.2, 0.25) is 0 Å². The highest BCUT2D eigenvalue weighted by atomic mass is 31.2. The van der Waals surface area contributed by atoms with Crippen LogP contribution in [0, 0.1) is 40.4 Å². The van der Waals surface area contributed by atoms with Crippen molar-refractivity contribution >= 4 is 19.6 Å². The molecule has 1 aromatic rings. The molecule has 0 bridgehead atoms. The minimum atomic E-state index is -5.05. The van der Waals surface area contributed by atoms with Crippen LogP contribution in [-0.2, 0) is 42.1 Å². The first-order chi connectivity index (χ1) is 27.8. The van der Waals surface area contributed by atoms with Crippen LogP contribution in [0.1, 0.15) is 77.9 Å². The molecule has 1 aromatic heterocycles. The van der Waals surface area contributed by atoms with Gasteiger partial charge in [0.25, 0.3) is 5.56 Å². The minimum Gasteiger partial charge on any atom is -0.479 e. The Morgan fingerprint density at radius 1 is 0.932 bits per heavy atom. The summed E-state index contributed by atoms with van der Waals surface area (Å²) >= 11 is 0. The molecule has 6 aliphatic rings. The number of carbonyl (C=O) groups is 2. The lowest BCUT2D eigenvalue weighted by atomic mass is 9.45. The average molecular weight is 861 g/mol. The maximum Gasteiger partial charge on any atom is 0.472 e. The van der Waals surface area contributed by atoms with E-state index in [9.17, 15) is 59.3 Å². The van der Waals surface area contributed by atoms with Crippen LogP contribution >= 0.6 is 7.82 Å². The Morgan fingerprint density at radius 2 is 1.69 bits per heavy atom. The highest BCUT2D eigenvalue weighted by Crippen LogP contribution is 2.65. The van der Waals surface area contributed by atoms with E-state index in [1.807, 2.05) is 4.98 Å². The van der Waals surface area contributed by atoms with E-state index in [-0.39, 0.29) is 30.3 Å². The smallest absolute Gasteiger partial charge is 0.472 e. The number of hydrogen-bond acceptors (Lipinski definition) is 16. The number of hydrogen-bond donors (Lipinski definition) is 8. The van der Waals surface area contributed by atoms with Crippen LogP contribution in [0.25, 0.3) is 0 Å². The molecule has 59 heavy (non-hydrogen) atoms. The summed E-state index contributed by atoms with van der Waals surface area (Å²) in [5.74, 6) is -0.432. The Hall–Kier alpha value is -2.43. The van der Waals surface area contributed by atoms with Crippen molar-refractivity contribution in [3.05, 3.63) is 33.1 Å². The molecule has 0 radical (unpaired) electrons. The molecule has 21 heteroatoms. The molecule has 0 aromatic carbocycles. The van der Waals surface area contributed by atoms with Crippen molar-refractivity contribution in [1.82, 2.24) is 9.55 Å². The summed E-state index contributed by atoms with van der Waals surface area (Å²) in [5.41, 5.74) is -1.70. The molecule has 4 aliphatic carbocycles. The molecular formula is C38H57N2O18P. The molecule has 6 fully saturated rings. The number of carboxylic acid groups (broad SMARTS) is 1. The fraction of sp³-hybridized carbons (Fsp3) is 0.842. The van der Waals surface area contributed by atoms with Crippen LogP contribution < -0.4 is 11.2 Å². The van der Waals surface area contributed by atoms with Gasteiger partial charge < -0.3 is 54.5 Å². The van der Waals surface area contributed by atoms with Gasteiger partial charge in [0.1, 0.15) is 49.2 Å². The van der Waals surface area contributed by atoms with E-state index in [4.69, 9.17) is 28.0 Å². The summed E-state index contributed by atoms with van der Waals surface area (Å²) in [7, 11) is -5.05. The number of aliphatic carboxylic acids is 1. The molecule has 20 nitrogen and oxygen atoms in total. The second-order valence-electron chi connectivity index (χ2n) is 17.8. The first kappa shape index (κ1) is 44.6. The van der Waals surface area contributed by atoms with Crippen molar-refractivity contribution in [2.24, 2.45) is 40.4 Å². The molecule has 2 saturated heterocycles. The number of aliphatic hydroxyl groups is 5. The van der Waals surface area contributed by atoms with Gasteiger partial charge in [-0.05, 0) is 80.5 Å². The lowest BCUT2D eigenvalue weighted by Crippen LogP contribution is -2.62. The number of phosphoric acid groups is 1. The number of fused-ring (bicyclic) bond motifs is 5. The number of Topliss-reactive ketones (excluding diaryl/α,β-unsaturated/α-hetero) is 1. The van der Waals surface area contributed by atoms with Gasteiger partial charge in [-0.2, -0.15) is 0 Å². The van der Waals surface area contributed by atoms with Crippen molar-refractivity contribution in [3.8, 4) is 0 Å². The molecule has 3 heterocycles. The molecule has 6 unspecified atom stereocenters. The molecule has 4 saturated carbocycles. The van der Waals surface area contributed by atoms with Crippen LogP contribution in [0.3, 0.4) is 0 Å². The lowest BCUT2D eigenvalue weighted by molar-refractivity contribution is -0.245. The number of carbonyl (C=O) groups excluding carboxylic acids is 1. The topological polar surface area (TPSA) is 303 Å². The number of nitrogens with zero attached hydrogens (tertiary/aromatic N) is 1. The molecule has 8 N–H and O–H groups in total. The predicted octanol–water partition coefficient (Wildman–Crippen LogP) is -0.189. The molecule has 332 valence electrons.